The fourth-order valence-electron chi connectivity index (χ4n) is 4.35. The third kappa shape index (κ3) is 3.71. The van der Waals surface area contributed by atoms with Crippen LogP contribution in [-0.2, 0) is 4.74 Å². The summed E-state index contributed by atoms with van der Waals surface area (Å²) in [5, 5.41) is 19.5. The molecule has 7 nitrogen and oxygen atoms in total. The van der Waals surface area contributed by atoms with Crippen molar-refractivity contribution in [1.82, 2.24) is 15.2 Å². The van der Waals surface area contributed by atoms with E-state index in [0.29, 0.717) is 54.8 Å². The number of fused-ring (bicyclic) bond motifs is 1. The van der Waals surface area contributed by atoms with Crippen molar-refractivity contribution in [2.24, 2.45) is 16.3 Å². The Labute approximate surface area is 179 Å². The van der Waals surface area contributed by atoms with E-state index in [1.807, 2.05) is 0 Å². The molecule has 1 aliphatic carbocycles. The summed E-state index contributed by atoms with van der Waals surface area (Å²) < 4.78 is 46.7. The third-order valence-corrected chi connectivity index (χ3v) is 6.63. The molecule has 2 unspecified atom stereocenters. The van der Waals surface area contributed by atoms with E-state index in [0.717, 1.165) is 0 Å². The molecule has 0 spiro atoms. The predicted octanol–water partition coefficient (Wildman–Crippen LogP) is 2.16. The van der Waals surface area contributed by atoms with Gasteiger partial charge in [-0.2, -0.15) is 18.3 Å². The number of halogens is 3. The number of aliphatic hydroxyl groups excluding tert-OH is 1. The van der Waals surface area contributed by atoms with Crippen molar-refractivity contribution in [3.05, 3.63) is 46.5 Å². The van der Waals surface area contributed by atoms with Gasteiger partial charge >= 0.3 is 6.18 Å². The van der Waals surface area contributed by atoms with Gasteiger partial charge in [0, 0.05) is 25.6 Å². The number of hydrogen-bond donors (Lipinski definition) is 3. The lowest BCUT2D eigenvalue weighted by atomic mass is 9.73. The standard InChI is InChI=1S/C21H28F3N5O2/c1-13-14(4-3-5-20(13,2)21(22,23)24)10-17-16(12-30)26-19-15(25)11-18(27-29(17)19)28-6-8-31-9-7-28/h3-4,11,19,26,30H,5-10,12,25H2,1-2H3. The minimum absolute atomic E-state index is 0.0860. The first-order valence-corrected chi connectivity index (χ1v) is 10.4. The SMILES string of the molecule is CC1=C(CC2=C(CO)NC3C(N)=CC(N4CCOCC4)=NN23)C=CCC1(C)C(F)(F)F. The molecule has 3 heterocycles. The normalized spacial score (nSPS) is 29.2. The molecule has 10 heteroatoms. The van der Waals surface area contributed by atoms with Crippen LogP contribution in [0.4, 0.5) is 13.2 Å². The number of nitrogens with one attached hydrogen (secondary N) is 1. The van der Waals surface area contributed by atoms with E-state index in [-0.39, 0.29) is 25.0 Å². The molecule has 4 N–H and O–H groups in total. The molecule has 4 aliphatic rings. The Balaban J connectivity index is 1.67. The minimum atomic E-state index is -4.35. The van der Waals surface area contributed by atoms with Crippen molar-refractivity contribution in [3.8, 4) is 0 Å². The Morgan fingerprint density at radius 2 is 2.06 bits per heavy atom. The molecular formula is C21H28F3N5O2. The Kier molecular flexibility index (Phi) is 5.55. The van der Waals surface area contributed by atoms with Crippen molar-refractivity contribution >= 4 is 5.84 Å². The van der Waals surface area contributed by atoms with Crippen molar-refractivity contribution in [1.29, 1.82) is 0 Å². The van der Waals surface area contributed by atoms with Crippen molar-refractivity contribution in [3.63, 3.8) is 0 Å². The highest BCUT2D eigenvalue weighted by Gasteiger charge is 2.52. The number of rotatable bonds is 3. The van der Waals surface area contributed by atoms with Gasteiger partial charge in [0.15, 0.2) is 12.0 Å². The number of hydrogen-bond acceptors (Lipinski definition) is 7. The molecule has 0 aromatic heterocycles. The first-order chi connectivity index (χ1) is 14.7. The summed E-state index contributed by atoms with van der Waals surface area (Å²) in [4.78, 5) is 2.06. The van der Waals surface area contributed by atoms with Crippen LogP contribution in [0.3, 0.4) is 0 Å². The number of amidine groups is 1. The van der Waals surface area contributed by atoms with Gasteiger partial charge in [0.25, 0.3) is 0 Å². The van der Waals surface area contributed by atoms with Gasteiger partial charge in [0.2, 0.25) is 0 Å². The van der Waals surface area contributed by atoms with Crippen LogP contribution < -0.4 is 11.1 Å². The van der Waals surface area contributed by atoms with Crippen LogP contribution in [0.1, 0.15) is 26.7 Å². The molecule has 4 rings (SSSR count). The van der Waals surface area contributed by atoms with E-state index >= 15 is 0 Å². The minimum Gasteiger partial charge on any atom is -0.399 e. The fraction of sp³-hybridized carbons (Fsp3) is 0.571. The lowest BCUT2D eigenvalue weighted by molar-refractivity contribution is -0.203. The lowest BCUT2D eigenvalue weighted by Gasteiger charge is -2.37. The molecule has 2 atom stereocenters. The van der Waals surface area contributed by atoms with E-state index < -0.39 is 17.8 Å². The van der Waals surface area contributed by atoms with Crippen molar-refractivity contribution in [2.75, 3.05) is 32.9 Å². The smallest absolute Gasteiger partial charge is 0.398 e. The van der Waals surface area contributed by atoms with Crippen LogP contribution in [-0.4, -0.2) is 66.1 Å². The van der Waals surface area contributed by atoms with Crippen molar-refractivity contribution < 1.29 is 23.0 Å². The Hall–Kier alpha value is -2.46. The second-order valence-electron chi connectivity index (χ2n) is 8.44. The Bertz CT molecular complexity index is 899. The summed E-state index contributed by atoms with van der Waals surface area (Å²) in [6.45, 7) is 5.02. The molecule has 31 heavy (non-hydrogen) atoms. The van der Waals surface area contributed by atoms with E-state index in [2.05, 4.69) is 10.2 Å². The molecule has 0 aromatic rings. The van der Waals surface area contributed by atoms with E-state index in [1.165, 1.54) is 13.8 Å². The van der Waals surface area contributed by atoms with E-state index in [9.17, 15) is 18.3 Å². The number of ether oxygens (including phenoxy) is 1. The van der Waals surface area contributed by atoms with Gasteiger partial charge in [-0.05, 0) is 25.8 Å². The zero-order valence-electron chi connectivity index (χ0n) is 17.7. The second kappa shape index (κ2) is 7.90. The van der Waals surface area contributed by atoms with Gasteiger partial charge < -0.3 is 25.8 Å². The van der Waals surface area contributed by atoms with Crippen molar-refractivity contribution in [2.45, 2.75) is 39.0 Å². The summed E-state index contributed by atoms with van der Waals surface area (Å²) in [6, 6.07) is 0. The molecule has 3 aliphatic heterocycles. The summed E-state index contributed by atoms with van der Waals surface area (Å²) in [5.74, 6) is 0.681. The number of alkyl halides is 3. The molecule has 170 valence electrons. The monoisotopic (exact) mass is 439 g/mol. The highest BCUT2D eigenvalue weighted by molar-refractivity contribution is 5.94. The largest absolute Gasteiger partial charge is 0.399 e. The number of aliphatic hydroxyl groups is 1. The molecule has 0 aromatic carbocycles. The molecule has 0 bridgehead atoms. The summed E-state index contributed by atoms with van der Waals surface area (Å²) >= 11 is 0. The number of nitrogens with zero attached hydrogens (tertiary/aromatic N) is 3. The molecule has 1 fully saturated rings. The van der Waals surface area contributed by atoms with Gasteiger partial charge in [-0.25, -0.2) is 5.01 Å². The summed E-state index contributed by atoms with van der Waals surface area (Å²) in [5.41, 5.74) is 6.91. The zero-order valence-corrected chi connectivity index (χ0v) is 17.7. The molecule has 0 saturated carbocycles. The van der Waals surface area contributed by atoms with Gasteiger partial charge in [-0.1, -0.05) is 17.7 Å². The molecule has 0 radical (unpaired) electrons. The topological polar surface area (TPSA) is 86.3 Å². The Morgan fingerprint density at radius 3 is 2.71 bits per heavy atom. The number of morpholine rings is 1. The number of allylic oxidation sites excluding steroid dienone is 4. The average Bonchev–Trinajstić information content (AvgIpc) is 3.09. The highest BCUT2D eigenvalue weighted by Crippen LogP contribution is 2.50. The first kappa shape index (κ1) is 21.8. The van der Waals surface area contributed by atoms with Gasteiger partial charge in [-0.3, -0.25) is 0 Å². The fourth-order valence-corrected chi connectivity index (χ4v) is 4.35. The highest BCUT2D eigenvalue weighted by atomic mass is 19.4. The van der Waals surface area contributed by atoms with Gasteiger partial charge in [0.1, 0.15) is 0 Å². The predicted molar refractivity (Wildman–Crippen MR) is 110 cm³/mol. The van der Waals surface area contributed by atoms with Gasteiger partial charge in [-0.15, -0.1) is 0 Å². The molecule has 0 amide bonds. The molecular weight excluding hydrogens is 411 g/mol. The number of nitrogens with two attached hydrogens (primary N) is 1. The maximum Gasteiger partial charge on any atom is 0.398 e. The van der Waals surface area contributed by atoms with Crippen LogP contribution in [0, 0.1) is 5.41 Å². The zero-order chi connectivity index (χ0) is 22.4. The third-order valence-electron chi connectivity index (χ3n) is 6.63. The second-order valence-corrected chi connectivity index (χ2v) is 8.44. The van der Waals surface area contributed by atoms with E-state index in [4.69, 9.17) is 15.6 Å². The first-order valence-electron chi connectivity index (χ1n) is 10.4. The average molecular weight is 439 g/mol. The van der Waals surface area contributed by atoms with Crippen LogP contribution in [0.5, 0.6) is 0 Å². The van der Waals surface area contributed by atoms with E-state index in [1.54, 1.807) is 23.2 Å². The van der Waals surface area contributed by atoms with Crippen LogP contribution >= 0.6 is 0 Å². The van der Waals surface area contributed by atoms with Crippen LogP contribution in [0.15, 0.2) is 51.6 Å². The lowest BCUT2D eigenvalue weighted by Crippen LogP contribution is -2.47. The van der Waals surface area contributed by atoms with Crippen LogP contribution in [0.25, 0.3) is 0 Å². The summed E-state index contributed by atoms with van der Waals surface area (Å²) in [7, 11) is 0. The molecule has 1 saturated heterocycles. The maximum absolute atomic E-state index is 13.8. The summed E-state index contributed by atoms with van der Waals surface area (Å²) in [6.07, 6.45) is 0.415. The van der Waals surface area contributed by atoms with Crippen LogP contribution in [0.2, 0.25) is 0 Å². The number of hydrazone groups is 1. The van der Waals surface area contributed by atoms with Gasteiger partial charge in [0.05, 0.1) is 42.3 Å². The quantitative estimate of drug-likeness (QED) is 0.625. The Morgan fingerprint density at radius 1 is 1.35 bits per heavy atom. The maximum atomic E-state index is 13.8.